The molecule has 2 aromatic carbocycles. The first kappa shape index (κ1) is 22.5. The summed E-state index contributed by atoms with van der Waals surface area (Å²) in [5, 5.41) is 11.3. The van der Waals surface area contributed by atoms with Gasteiger partial charge in [0, 0.05) is 22.3 Å². The first-order chi connectivity index (χ1) is 15.8. The highest BCUT2D eigenvalue weighted by molar-refractivity contribution is 6.31. The van der Waals surface area contributed by atoms with Crippen LogP contribution in [0.2, 0.25) is 5.02 Å². The Bertz CT molecular complexity index is 1290. The summed E-state index contributed by atoms with van der Waals surface area (Å²) in [6.07, 6.45) is 0. The molecule has 4 rings (SSSR count). The van der Waals surface area contributed by atoms with Crippen molar-refractivity contribution < 1.29 is 18.4 Å². The molecule has 1 N–H and O–H groups in total. The number of aromatic nitrogens is 3. The molecular weight excluding hydrogens is 447 g/mol. The molecule has 0 spiro atoms. The summed E-state index contributed by atoms with van der Waals surface area (Å²) in [7, 11) is 0. The fourth-order valence-electron chi connectivity index (χ4n) is 3.34. The van der Waals surface area contributed by atoms with E-state index >= 15 is 0 Å². The maximum atomic E-state index is 14.1. The van der Waals surface area contributed by atoms with Crippen molar-refractivity contribution in [1.29, 1.82) is 0 Å². The van der Waals surface area contributed by atoms with Crippen LogP contribution in [0.5, 0.6) is 5.75 Å². The summed E-state index contributed by atoms with van der Waals surface area (Å²) < 4.78 is 26.8. The first-order valence-corrected chi connectivity index (χ1v) is 10.6. The zero-order valence-corrected chi connectivity index (χ0v) is 19.1. The Morgan fingerprint density at radius 3 is 2.70 bits per heavy atom. The number of benzene rings is 2. The third-order valence-electron chi connectivity index (χ3n) is 5.16. The van der Waals surface area contributed by atoms with E-state index in [0.29, 0.717) is 33.5 Å². The zero-order chi connectivity index (χ0) is 23.5. The summed E-state index contributed by atoms with van der Waals surface area (Å²) in [5.74, 6) is 0.575. The topological polar surface area (TPSA) is 82.2 Å². The maximum Gasteiger partial charge on any atom is 0.279 e. The average Bonchev–Trinajstić information content (AvgIpc) is 3.31. The Kier molecular flexibility index (Phi) is 6.46. The number of hydrogen-bond acceptors (Lipinski definition) is 5. The average molecular weight is 469 g/mol. The molecule has 0 saturated carbocycles. The number of carbonyl (C=O) groups excluding carboxylic acids is 1. The van der Waals surface area contributed by atoms with E-state index in [0.717, 1.165) is 11.3 Å². The molecule has 0 aliphatic heterocycles. The minimum absolute atomic E-state index is 0.115. The Morgan fingerprint density at radius 1 is 1.15 bits per heavy atom. The molecule has 4 aromatic rings. The van der Waals surface area contributed by atoms with Crippen molar-refractivity contribution in [2.24, 2.45) is 0 Å². The smallest absolute Gasteiger partial charge is 0.279 e. The van der Waals surface area contributed by atoms with E-state index in [4.69, 9.17) is 20.9 Å². The Morgan fingerprint density at radius 2 is 1.94 bits per heavy atom. The molecule has 7 nitrogen and oxygen atoms in total. The van der Waals surface area contributed by atoms with Crippen LogP contribution in [0, 0.1) is 26.6 Å². The van der Waals surface area contributed by atoms with Crippen molar-refractivity contribution in [2.75, 3.05) is 5.32 Å². The van der Waals surface area contributed by atoms with Crippen LogP contribution in [0.1, 0.15) is 38.6 Å². The quantitative estimate of drug-likeness (QED) is 0.389. The van der Waals surface area contributed by atoms with E-state index in [-0.39, 0.29) is 18.8 Å². The number of hydrogen-bond donors (Lipinski definition) is 1. The largest absolute Gasteiger partial charge is 0.489 e. The third-order valence-corrected chi connectivity index (χ3v) is 5.52. The number of rotatable bonds is 7. The first-order valence-electron chi connectivity index (χ1n) is 10.2. The SMILES string of the molecule is Cc1cccc(OCc2c(C(=O)Nc3cc(C)n(Cc4c(F)cccc4Cl)n3)noc2C)c1. The van der Waals surface area contributed by atoms with Gasteiger partial charge < -0.3 is 14.6 Å². The molecule has 9 heteroatoms. The number of nitrogens with zero attached hydrogens (tertiary/aromatic N) is 3. The van der Waals surface area contributed by atoms with Gasteiger partial charge in [-0.15, -0.1) is 0 Å². The lowest BCUT2D eigenvalue weighted by molar-refractivity contribution is 0.101. The lowest BCUT2D eigenvalue weighted by Crippen LogP contribution is -2.16. The van der Waals surface area contributed by atoms with Crippen molar-refractivity contribution in [1.82, 2.24) is 14.9 Å². The number of ether oxygens (including phenoxy) is 1. The predicted octanol–water partition coefficient (Wildman–Crippen LogP) is 5.47. The normalized spacial score (nSPS) is 10.9. The van der Waals surface area contributed by atoms with Gasteiger partial charge in [-0.05, 0) is 50.6 Å². The second-order valence-corrected chi connectivity index (χ2v) is 8.06. The summed E-state index contributed by atoms with van der Waals surface area (Å²) >= 11 is 6.12. The van der Waals surface area contributed by atoms with Gasteiger partial charge in [0.15, 0.2) is 11.5 Å². The molecule has 0 bridgehead atoms. The van der Waals surface area contributed by atoms with Crippen molar-refractivity contribution in [3.05, 3.63) is 93.2 Å². The van der Waals surface area contributed by atoms with Gasteiger partial charge in [0.25, 0.3) is 5.91 Å². The Hall–Kier alpha value is -3.65. The molecule has 0 aliphatic rings. The number of anilines is 1. The fraction of sp³-hybridized carbons (Fsp3) is 0.208. The summed E-state index contributed by atoms with van der Waals surface area (Å²) in [4.78, 5) is 12.9. The van der Waals surface area contributed by atoms with Crippen LogP contribution in [0.4, 0.5) is 10.2 Å². The van der Waals surface area contributed by atoms with E-state index in [1.807, 2.05) is 31.2 Å². The molecular formula is C24H22ClFN4O3. The molecule has 0 fully saturated rings. The van der Waals surface area contributed by atoms with Gasteiger partial charge in [-0.1, -0.05) is 35.0 Å². The minimum atomic E-state index is -0.483. The summed E-state index contributed by atoms with van der Waals surface area (Å²) in [5.41, 5.74) is 2.78. The predicted molar refractivity (Wildman–Crippen MR) is 122 cm³/mol. The number of aryl methyl sites for hydroxylation is 3. The second kappa shape index (κ2) is 9.46. The Balaban J connectivity index is 1.48. The van der Waals surface area contributed by atoms with E-state index in [1.165, 1.54) is 6.07 Å². The van der Waals surface area contributed by atoms with Crippen molar-refractivity contribution in [3.63, 3.8) is 0 Å². The molecule has 1 amide bonds. The van der Waals surface area contributed by atoms with E-state index in [1.54, 1.807) is 36.7 Å². The molecule has 0 unspecified atom stereocenters. The lowest BCUT2D eigenvalue weighted by atomic mass is 10.2. The van der Waals surface area contributed by atoms with Gasteiger partial charge >= 0.3 is 0 Å². The van der Waals surface area contributed by atoms with Crippen LogP contribution in [0.25, 0.3) is 0 Å². The Labute approximate surface area is 195 Å². The highest BCUT2D eigenvalue weighted by atomic mass is 35.5. The van der Waals surface area contributed by atoms with Gasteiger partial charge in [-0.3, -0.25) is 9.48 Å². The van der Waals surface area contributed by atoms with E-state index in [9.17, 15) is 9.18 Å². The van der Waals surface area contributed by atoms with Crippen LogP contribution in [0.15, 0.2) is 53.1 Å². The van der Waals surface area contributed by atoms with Crippen molar-refractivity contribution in [3.8, 4) is 5.75 Å². The summed E-state index contributed by atoms with van der Waals surface area (Å²) in [6.45, 7) is 5.75. The zero-order valence-electron chi connectivity index (χ0n) is 18.4. The van der Waals surface area contributed by atoms with E-state index < -0.39 is 11.7 Å². The molecule has 170 valence electrons. The maximum absolute atomic E-state index is 14.1. The van der Waals surface area contributed by atoms with E-state index in [2.05, 4.69) is 15.6 Å². The van der Waals surface area contributed by atoms with Crippen LogP contribution in [-0.4, -0.2) is 20.8 Å². The van der Waals surface area contributed by atoms with Crippen molar-refractivity contribution in [2.45, 2.75) is 33.9 Å². The van der Waals surface area contributed by atoms with Gasteiger partial charge in [-0.25, -0.2) is 4.39 Å². The van der Waals surface area contributed by atoms with Gasteiger partial charge in [-0.2, -0.15) is 5.10 Å². The molecule has 0 radical (unpaired) electrons. The fourth-order valence-corrected chi connectivity index (χ4v) is 3.56. The lowest BCUT2D eigenvalue weighted by Gasteiger charge is -2.08. The number of amides is 1. The third kappa shape index (κ3) is 5.06. The monoisotopic (exact) mass is 468 g/mol. The minimum Gasteiger partial charge on any atom is -0.489 e. The molecule has 0 saturated heterocycles. The number of nitrogens with one attached hydrogen (secondary N) is 1. The van der Waals surface area contributed by atoms with Crippen LogP contribution < -0.4 is 10.1 Å². The van der Waals surface area contributed by atoms with Crippen molar-refractivity contribution >= 4 is 23.3 Å². The number of carbonyl (C=O) groups is 1. The van der Waals surface area contributed by atoms with Gasteiger partial charge in [0.05, 0.1) is 12.1 Å². The molecule has 0 atom stereocenters. The van der Waals surface area contributed by atoms with Crippen LogP contribution >= 0.6 is 11.6 Å². The van der Waals surface area contributed by atoms with Gasteiger partial charge in [0.2, 0.25) is 0 Å². The number of halogens is 2. The van der Waals surface area contributed by atoms with Crippen LogP contribution in [-0.2, 0) is 13.2 Å². The molecule has 2 heterocycles. The molecule has 0 aliphatic carbocycles. The van der Waals surface area contributed by atoms with Gasteiger partial charge in [0.1, 0.15) is 23.9 Å². The van der Waals surface area contributed by atoms with Crippen LogP contribution in [0.3, 0.4) is 0 Å². The highest BCUT2D eigenvalue weighted by Crippen LogP contribution is 2.23. The molecule has 33 heavy (non-hydrogen) atoms. The molecule has 2 aromatic heterocycles. The summed E-state index contributed by atoms with van der Waals surface area (Å²) in [6, 6.07) is 13.8. The standard InChI is InChI=1S/C24H22ClFN4O3/c1-14-6-4-7-17(10-14)32-13-19-16(3)33-29-23(19)24(31)27-22-11-15(2)30(28-22)12-18-20(25)8-5-9-21(18)26/h4-11H,12-13H2,1-3H3,(H,27,28,31). The second-order valence-electron chi connectivity index (χ2n) is 7.65. The highest BCUT2D eigenvalue weighted by Gasteiger charge is 2.22.